The molecule has 4 rings (SSSR count). The van der Waals surface area contributed by atoms with Crippen LogP contribution in [0, 0.1) is 17.8 Å². The largest absolute Gasteiger partial charge is 0.373 e. The first kappa shape index (κ1) is 16.1. The number of fused-ring (bicyclic) bond motifs is 1. The summed E-state index contributed by atoms with van der Waals surface area (Å²) in [6.07, 6.45) is 4.16. The molecule has 3 fully saturated rings. The molecule has 1 aromatic rings. The highest BCUT2D eigenvalue weighted by molar-refractivity contribution is 5.79. The first-order chi connectivity index (χ1) is 11.8. The predicted octanol–water partition coefficient (Wildman–Crippen LogP) is 2.61. The van der Waals surface area contributed by atoms with Gasteiger partial charge in [0.05, 0.1) is 12.0 Å². The van der Waals surface area contributed by atoms with Crippen molar-refractivity contribution in [2.45, 2.75) is 31.8 Å². The lowest BCUT2D eigenvalue weighted by molar-refractivity contribution is -0.145. The van der Waals surface area contributed by atoms with Crippen molar-refractivity contribution in [1.29, 1.82) is 0 Å². The van der Waals surface area contributed by atoms with Crippen molar-refractivity contribution in [3.05, 3.63) is 35.9 Å². The van der Waals surface area contributed by atoms with Gasteiger partial charge in [-0.2, -0.15) is 0 Å². The summed E-state index contributed by atoms with van der Waals surface area (Å²) in [6, 6.07) is 10.3. The monoisotopic (exact) mass is 328 g/mol. The molecule has 0 saturated carbocycles. The molecule has 3 saturated heterocycles. The summed E-state index contributed by atoms with van der Waals surface area (Å²) in [4.78, 5) is 15.4. The topological polar surface area (TPSA) is 41.6 Å². The molecule has 0 aromatic heterocycles. The number of amides is 1. The van der Waals surface area contributed by atoms with Crippen LogP contribution in [0.3, 0.4) is 0 Å². The Morgan fingerprint density at radius 1 is 1.04 bits per heavy atom. The molecule has 1 N–H and O–H groups in total. The molecule has 0 bridgehead atoms. The maximum atomic E-state index is 13.2. The molecular formula is C20H28N2O2. The molecule has 4 atom stereocenters. The smallest absolute Gasteiger partial charge is 0.228 e. The number of rotatable bonds is 2. The van der Waals surface area contributed by atoms with Crippen LogP contribution in [0.5, 0.6) is 0 Å². The molecule has 3 heterocycles. The van der Waals surface area contributed by atoms with Crippen molar-refractivity contribution >= 4 is 5.91 Å². The van der Waals surface area contributed by atoms with Crippen molar-refractivity contribution in [3.8, 4) is 0 Å². The first-order valence-electron chi connectivity index (χ1n) is 9.49. The lowest BCUT2D eigenvalue weighted by Gasteiger charge is -2.35. The van der Waals surface area contributed by atoms with E-state index in [-0.39, 0.29) is 12.0 Å². The SMILES string of the molecule is O=C(C1CCCOC1c1ccccc1)N1CC[C@@H]2CNC[C@@H]2CC1. The second-order valence-electron chi connectivity index (χ2n) is 7.53. The third-order valence-corrected chi connectivity index (χ3v) is 6.10. The minimum absolute atomic E-state index is 0.0165. The number of carbonyl (C=O) groups excluding carboxylic acids is 1. The Balaban J connectivity index is 1.47. The van der Waals surface area contributed by atoms with Crippen LogP contribution in [0.1, 0.15) is 37.4 Å². The van der Waals surface area contributed by atoms with Gasteiger partial charge in [0.25, 0.3) is 0 Å². The van der Waals surface area contributed by atoms with Crippen molar-refractivity contribution in [2.24, 2.45) is 17.8 Å². The molecule has 1 amide bonds. The van der Waals surface area contributed by atoms with Crippen LogP contribution in [0.4, 0.5) is 0 Å². The lowest BCUT2D eigenvalue weighted by Crippen LogP contribution is -2.41. The minimum Gasteiger partial charge on any atom is -0.373 e. The van der Waals surface area contributed by atoms with Gasteiger partial charge in [-0.25, -0.2) is 0 Å². The Hall–Kier alpha value is -1.39. The summed E-state index contributed by atoms with van der Waals surface area (Å²) < 4.78 is 6.04. The maximum Gasteiger partial charge on any atom is 0.228 e. The number of carbonyl (C=O) groups is 1. The van der Waals surface area contributed by atoms with E-state index >= 15 is 0 Å². The summed E-state index contributed by atoms with van der Waals surface area (Å²) >= 11 is 0. The van der Waals surface area contributed by atoms with E-state index in [1.165, 1.54) is 0 Å². The zero-order valence-corrected chi connectivity index (χ0v) is 14.3. The molecule has 0 radical (unpaired) electrons. The van der Waals surface area contributed by atoms with Gasteiger partial charge >= 0.3 is 0 Å². The summed E-state index contributed by atoms with van der Waals surface area (Å²) in [5.41, 5.74) is 1.14. The number of hydrogen-bond donors (Lipinski definition) is 1. The third-order valence-electron chi connectivity index (χ3n) is 6.10. The van der Waals surface area contributed by atoms with Crippen LogP contribution in [0.15, 0.2) is 30.3 Å². The van der Waals surface area contributed by atoms with Crippen LogP contribution in [0.25, 0.3) is 0 Å². The summed E-state index contributed by atoms with van der Waals surface area (Å²) in [6.45, 7) is 4.86. The molecule has 3 aliphatic rings. The summed E-state index contributed by atoms with van der Waals surface area (Å²) in [5.74, 6) is 1.82. The Morgan fingerprint density at radius 2 is 1.75 bits per heavy atom. The number of nitrogens with zero attached hydrogens (tertiary/aromatic N) is 1. The highest BCUT2D eigenvalue weighted by Crippen LogP contribution is 2.36. The first-order valence-corrected chi connectivity index (χ1v) is 9.49. The minimum atomic E-state index is -0.0723. The fraction of sp³-hybridized carbons (Fsp3) is 0.650. The van der Waals surface area contributed by atoms with Crippen LogP contribution < -0.4 is 5.32 Å². The third kappa shape index (κ3) is 3.22. The van der Waals surface area contributed by atoms with Gasteiger partial charge in [-0.3, -0.25) is 4.79 Å². The predicted molar refractivity (Wildman–Crippen MR) is 93.5 cm³/mol. The second kappa shape index (κ2) is 7.24. The van der Waals surface area contributed by atoms with Crippen LogP contribution >= 0.6 is 0 Å². The fourth-order valence-corrected chi connectivity index (χ4v) is 4.68. The van der Waals surface area contributed by atoms with E-state index in [1.54, 1.807) is 0 Å². The average Bonchev–Trinajstić information content (AvgIpc) is 3.00. The molecule has 130 valence electrons. The van der Waals surface area contributed by atoms with E-state index < -0.39 is 0 Å². The highest BCUT2D eigenvalue weighted by Gasteiger charge is 2.38. The molecule has 2 unspecified atom stereocenters. The van der Waals surface area contributed by atoms with Gasteiger partial charge in [-0.15, -0.1) is 0 Å². The number of ether oxygens (including phenoxy) is 1. The number of likely N-dealkylation sites (tertiary alicyclic amines) is 1. The number of nitrogens with one attached hydrogen (secondary N) is 1. The van der Waals surface area contributed by atoms with E-state index in [9.17, 15) is 4.79 Å². The van der Waals surface area contributed by atoms with Gasteiger partial charge < -0.3 is 15.0 Å². The zero-order chi connectivity index (χ0) is 16.4. The maximum absolute atomic E-state index is 13.2. The number of benzene rings is 1. The fourth-order valence-electron chi connectivity index (χ4n) is 4.68. The van der Waals surface area contributed by atoms with Gasteiger partial charge in [0.2, 0.25) is 5.91 Å². The normalized spacial score (nSPS) is 33.8. The van der Waals surface area contributed by atoms with E-state index in [0.717, 1.165) is 75.9 Å². The molecule has 0 aliphatic carbocycles. The Morgan fingerprint density at radius 3 is 2.46 bits per heavy atom. The van der Waals surface area contributed by atoms with Gasteiger partial charge in [-0.05, 0) is 56.2 Å². The lowest BCUT2D eigenvalue weighted by atomic mass is 9.88. The summed E-state index contributed by atoms with van der Waals surface area (Å²) in [7, 11) is 0. The second-order valence-corrected chi connectivity index (χ2v) is 7.53. The molecule has 24 heavy (non-hydrogen) atoms. The van der Waals surface area contributed by atoms with Crippen LogP contribution in [-0.2, 0) is 9.53 Å². The van der Waals surface area contributed by atoms with Crippen LogP contribution in [0.2, 0.25) is 0 Å². The number of hydrogen-bond acceptors (Lipinski definition) is 3. The quantitative estimate of drug-likeness (QED) is 0.907. The van der Waals surface area contributed by atoms with Gasteiger partial charge in [-0.1, -0.05) is 30.3 Å². The van der Waals surface area contributed by atoms with E-state index in [0.29, 0.717) is 5.91 Å². The Bertz CT molecular complexity index is 548. The van der Waals surface area contributed by atoms with E-state index in [1.807, 2.05) is 18.2 Å². The Kier molecular flexibility index (Phi) is 4.86. The molecule has 4 heteroatoms. The van der Waals surface area contributed by atoms with Crippen molar-refractivity contribution in [1.82, 2.24) is 10.2 Å². The molecule has 4 nitrogen and oxygen atoms in total. The van der Waals surface area contributed by atoms with E-state index in [2.05, 4.69) is 22.3 Å². The zero-order valence-electron chi connectivity index (χ0n) is 14.3. The summed E-state index contributed by atoms with van der Waals surface area (Å²) in [5, 5.41) is 3.50. The van der Waals surface area contributed by atoms with Crippen molar-refractivity contribution in [3.63, 3.8) is 0 Å². The molecule has 0 spiro atoms. The highest BCUT2D eigenvalue weighted by atomic mass is 16.5. The molecule has 1 aromatic carbocycles. The molecule has 3 aliphatic heterocycles. The van der Waals surface area contributed by atoms with Crippen LogP contribution in [-0.4, -0.2) is 43.6 Å². The van der Waals surface area contributed by atoms with Gasteiger partial charge in [0, 0.05) is 19.7 Å². The standard InChI is InChI=1S/C20H28N2O2/c23-20(22-10-8-16-13-21-14-17(16)9-11-22)18-7-4-12-24-19(18)15-5-2-1-3-6-15/h1-3,5-6,16-19,21H,4,7-14H2/t16-,17+,18?,19?. The van der Waals surface area contributed by atoms with Gasteiger partial charge in [0.15, 0.2) is 0 Å². The molecular weight excluding hydrogens is 300 g/mol. The average molecular weight is 328 g/mol. The van der Waals surface area contributed by atoms with Gasteiger partial charge in [0.1, 0.15) is 0 Å². The van der Waals surface area contributed by atoms with Crippen molar-refractivity contribution in [2.75, 3.05) is 32.8 Å². The van der Waals surface area contributed by atoms with Crippen molar-refractivity contribution < 1.29 is 9.53 Å². The Labute approximate surface area is 144 Å². The van der Waals surface area contributed by atoms with E-state index in [4.69, 9.17) is 4.74 Å².